The van der Waals surface area contributed by atoms with Gasteiger partial charge in [0.1, 0.15) is 0 Å². The first kappa shape index (κ1) is 13.1. The largest absolute Gasteiger partial charge is 0.389 e. The van der Waals surface area contributed by atoms with Crippen LogP contribution in [0.2, 0.25) is 0 Å². The van der Waals surface area contributed by atoms with E-state index in [9.17, 15) is 0 Å². The summed E-state index contributed by atoms with van der Waals surface area (Å²) in [5, 5.41) is 3.09. The first-order valence-electron chi connectivity index (χ1n) is 6.53. The highest BCUT2D eigenvalue weighted by molar-refractivity contribution is 5.30. The van der Waals surface area contributed by atoms with Gasteiger partial charge in [-0.15, -0.1) is 0 Å². The van der Waals surface area contributed by atoms with Gasteiger partial charge in [-0.05, 0) is 43.8 Å². The van der Waals surface area contributed by atoms with Crippen molar-refractivity contribution in [2.24, 2.45) is 0 Å². The summed E-state index contributed by atoms with van der Waals surface area (Å²) in [6, 6.07) is 0. The van der Waals surface area contributed by atoms with Gasteiger partial charge in [0.15, 0.2) is 0 Å². The summed E-state index contributed by atoms with van der Waals surface area (Å²) in [6.45, 7) is 6.20. The highest BCUT2D eigenvalue weighted by atomic mass is 14.8. The summed E-state index contributed by atoms with van der Waals surface area (Å²) < 4.78 is 0. The van der Waals surface area contributed by atoms with Gasteiger partial charge in [0, 0.05) is 12.7 Å². The number of hydrogen-bond acceptors (Lipinski definition) is 1. The Morgan fingerprint density at radius 1 is 1.31 bits per heavy atom. The van der Waals surface area contributed by atoms with Crippen LogP contribution < -0.4 is 5.32 Å². The number of hydrogen-bond donors (Lipinski definition) is 1. The molecule has 0 spiro atoms. The molecule has 1 aliphatic carbocycles. The average Bonchev–Trinajstić information content (AvgIpc) is 2.30. The zero-order valence-corrected chi connectivity index (χ0v) is 10.8. The fourth-order valence-electron chi connectivity index (χ4n) is 2.18. The first-order valence-corrected chi connectivity index (χ1v) is 6.53. The third-order valence-corrected chi connectivity index (χ3v) is 3.10. The summed E-state index contributed by atoms with van der Waals surface area (Å²) in [5.41, 5.74) is 4.07. The molecule has 0 aromatic rings. The van der Waals surface area contributed by atoms with E-state index in [1.54, 1.807) is 5.57 Å². The van der Waals surface area contributed by atoms with E-state index in [1.807, 2.05) is 7.05 Å². The minimum Gasteiger partial charge on any atom is -0.389 e. The summed E-state index contributed by atoms with van der Waals surface area (Å²) in [5.74, 6) is 0. The molecule has 1 heteroatoms. The van der Waals surface area contributed by atoms with E-state index in [0.717, 1.165) is 12.1 Å². The molecule has 1 nitrogen and oxygen atoms in total. The molecule has 0 unspecified atom stereocenters. The molecular weight excluding hydrogens is 194 g/mol. The van der Waals surface area contributed by atoms with E-state index in [0.29, 0.717) is 0 Å². The second-order valence-electron chi connectivity index (χ2n) is 4.61. The van der Waals surface area contributed by atoms with E-state index in [4.69, 9.17) is 0 Å². The standard InChI is InChI=1S/C15H25N/c1-4-8-15(11-13(2)16-3)12-14-9-6-5-7-10-14/h11-12,16H,2,4-10H2,1,3H3/b15-11-. The van der Waals surface area contributed by atoms with E-state index < -0.39 is 0 Å². The lowest BCUT2D eigenvalue weighted by atomic mass is 9.92. The zero-order chi connectivity index (χ0) is 11.8. The molecule has 1 saturated carbocycles. The maximum Gasteiger partial charge on any atom is 0.0267 e. The minimum atomic E-state index is 1.01. The van der Waals surface area contributed by atoms with Crippen LogP contribution in [0.3, 0.4) is 0 Å². The SMILES string of the molecule is C=C(/C=C(\C=C1CCCCC1)CCC)NC. The molecule has 0 aromatic heterocycles. The Hall–Kier alpha value is -0.980. The van der Waals surface area contributed by atoms with Crippen LogP contribution in [0.4, 0.5) is 0 Å². The molecule has 0 saturated heterocycles. The lowest BCUT2D eigenvalue weighted by molar-refractivity contribution is 0.598. The molecular formula is C15H25N. The van der Waals surface area contributed by atoms with Crippen molar-refractivity contribution in [3.8, 4) is 0 Å². The van der Waals surface area contributed by atoms with Crippen LogP contribution >= 0.6 is 0 Å². The smallest absolute Gasteiger partial charge is 0.0267 e. The lowest BCUT2D eigenvalue weighted by Crippen LogP contribution is -2.02. The van der Waals surface area contributed by atoms with Gasteiger partial charge >= 0.3 is 0 Å². The van der Waals surface area contributed by atoms with Crippen molar-refractivity contribution in [1.29, 1.82) is 0 Å². The Morgan fingerprint density at radius 3 is 2.56 bits per heavy atom. The van der Waals surface area contributed by atoms with Crippen molar-refractivity contribution < 1.29 is 0 Å². The summed E-state index contributed by atoms with van der Waals surface area (Å²) in [7, 11) is 1.93. The van der Waals surface area contributed by atoms with Gasteiger partial charge in [-0.3, -0.25) is 0 Å². The van der Waals surface area contributed by atoms with Gasteiger partial charge in [-0.25, -0.2) is 0 Å². The predicted octanol–water partition coefficient (Wildman–Crippen LogP) is 4.34. The third kappa shape index (κ3) is 4.69. The van der Waals surface area contributed by atoms with Crippen LogP contribution in [-0.4, -0.2) is 7.05 Å². The van der Waals surface area contributed by atoms with Crippen LogP contribution in [0, 0.1) is 0 Å². The maximum atomic E-state index is 3.97. The molecule has 0 heterocycles. The first-order chi connectivity index (χ1) is 7.76. The van der Waals surface area contributed by atoms with E-state index in [1.165, 1.54) is 44.1 Å². The zero-order valence-electron chi connectivity index (χ0n) is 10.8. The molecule has 16 heavy (non-hydrogen) atoms. The van der Waals surface area contributed by atoms with Crippen LogP contribution in [0.1, 0.15) is 51.9 Å². The van der Waals surface area contributed by atoms with E-state index in [2.05, 4.69) is 31.0 Å². The van der Waals surface area contributed by atoms with Gasteiger partial charge in [0.2, 0.25) is 0 Å². The van der Waals surface area contributed by atoms with Gasteiger partial charge in [-0.1, -0.05) is 38.0 Å². The Bertz CT molecular complexity index is 276. The van der Waals surface area contributed by atoms with E-state index in [-0.39, 0.29) is 0 Å². The Balaban J connectivity index is 2.68. The van der Waals surface area contributed by atoms with Crippen LogP contribution in [0.15, 0.2) is 35.6 Å². The molecule has 0 aliphatic heterocycles. The quantitative estimate of drug-likeness (QED) is 0.678. The fraction of sp³-hybridized carbons (Fsp3) is 0.600. The molecule has 0 radical (unpaired) electrons. The number of rotatable bonds is 5. The lowest BCUT2D eigenvalue weighted by Gasteiger charge is -2.14. The Morgan fingerprint density at radius 2 is 2.00 bits per heavy atom. The Labute approximate surface area is 100 Å². The van der Waals surface area contributed by atoms with Gasteiger partial charge in [0.05, 0.1) is 0 Å². The van der Waals surface area contributed by atoms with Crippen molar-refractivity contribution in [2.45, 2.75) is 51.9 Å². The molecule has 0 bridgehead atoms. The molecule has 1 N–H and O–H groups in total. The Kier molecular flexibility index (Phi) is 5.99. The van der Waals surface area contributed by atoms with Gasteiger partial charge in [-0.2, -0.15) is 0 Å². The maximum absolute atomic E-state index is 3.97. The highest BCUT2D eigenvalue weighted by Crippen LogP contribution is 2.25. The van der Waals surface area contributed by atoms with Crippen LogP contribution in [-0.2, 0) is 0 Å². The van der Waals surface area contributed by atoms with E-state index >= 15 is 0 Å². The molecule has 0 aromatic carbocycles. The van der Waals surface area contributed by atoms with Crippen molar-refractivity contribution >= 4 is 0 Å². The second kappa shape index (κ2) is 7.32. The summed E-state index contributed by atoms with van der Waals surface area (Å²) in [6.07, 6.45) is 13.7. The molecule has 1 fully saturated rings. The molecule has 1 aliphatic rings. The monoisotopic (exact) mass is 219 g/mol. The topological polar surface area (TPSA) is 12.0 Å². The van der Waals surface area contributed by atoms with Gasteiger partial charge < -0.3 is 5.32 Å². The normalized spacial score (nSPS) is 17.1. The number of likely N-dealkylation sites (N-methyl/N-ethyl adjacent to an activating group) is 1. The minimum absolute atomic E-state index is 1.01. The summed E-state index contributed by atoms with van der Waals surface area (Å²) >= 11 is 0. The van der Waals surface area contributed by atoms with Crippen molar-refractivity contribution in [1.82, 2.24) is 5.32 Å². The molecule has 1 rings (SSSR count). The highest BCUT2D eigenvalue weighted by Gasteiger charge is 2.05. The van der Waals surface area contributed by atoms with Crippen LogP contribution in [0.5, 0.6) is 0 Å². The summed E-state index contributed by atoms with van der Waals surface area (Å²) in [4.78, 5) is 0. The van der Waals surface area contributed by atoms with Crippen LogP contribution in [0.25, 0.3) is 0 Å². The molecule has 0 atom stereocenters. The fourth-order valence-corrected chi connectivity index (χ4v) is 2.18. The number of nitrogens with one attached hydrogen (secondary N) is 1. The van der Waals surface area contributed by atoms with Crippen molar-refractivity contribution in [3.05, 3.63) is 35.6 Å². The molecule has 0 amide bonds. The van der Waals surface area contributed by atoms with Crippen molar-refractivity contribution in [3.63, 3.8) is 0 Å². The third-order valence-electron chi connectivity index (χ3n) is 3.10. The molecule has 90 valence electrons. The van der Waals surface area contributed by atoms with Gasteiger partial charge in [0.25, 0.3) is 0 Å². The number of allylic oxidation sites excluding steroid dienone is 4. The second-order valence-corrected chi connectivity index (χ2v) is 4.61. The predicted molar refractivity (Wildman–Crippen MR) is 72.4 cm³/mol. The average molecular weight is 219 g/mol. The van der Waals surface area contributed by atoms with Crippen molar-refractivity contribution in [2.75, 3.05) is 7.05 Å².